The first-order valence-corrected chi connectivity index (χ1v) is 10.6. The fraction of sp³-hybridized carbons (Fsp3) is 0.261. The van der Waals surface area contributed by atoms with Gasteiger partial charge in [0.05, 0.1) is 24.1 Å². The Balaban J connectivity index is 1.54. The highest BCUT2D eigenvalue weighted by molar-refractivity contribution is 7.99. The number of anilines is 1. The van der Waals surface area contributed by atoms with Crippen LogP contribution in [0.15, 0.2) is 64.2 Å². The number of carbonyl (C=O) groups is 1. The topological polar surface area (TPSA) is 68.5 Å². The van der Waals surface area contributed by atoms with Crippen molar-refractivity contribution in [1.29, 1.82) is 0 Å². The van der Waals surface area contributed by atoms with Crippen LogP contribution in [-0.4, -0.2) is 34.5 Å². The third kappa shape index (κ3) is 3.85. The molecule has 0 fully saturated rings. The zero-order valence-electron chi connectivity index (χ0n) is 17.4. The fourth-order valence-electron chi connectivity index (χ4n) is 3.74. The van der Waals surface area contributed by atoms with Gasteiger partial charge in [-0.25, -0.2) is 0 Å². The van der Waals surface area contributed by atoms with Crippen LogP contribution < -0.4 is 9.64 Å². The number of hydrogen-bond donors (Lipinski definition) is 0. The molecule has 1 aromatic heterocycles. The first kappa shape index (κ1) is 20.2. The summed E-state index contributed by atoms with van der Waals surface area (Å²) >= 11 is 1.24. The van der Waals surface area contributed by atoms with Gasteiger partial charge in [0.25, 0.3) is 5.22 Å². The van der Waals surface area contributed by atoms with Gasteiger partial charge in [0, 0.05) is 11.1 Å². The average molecular weight is 422 g/mol. The number of fused-ring (bicyclic) bond motifs is 1. The SMILES string of the molecule is COc1ccc2c(c1)C(C)=CC(C)(C)N2C(=O)CSc1nnc(-c2ccccc2)o1. The van der Waals surface area contributed by atoms with Crippen LogP contribution in [-0.2, 0) is 4.79 Å². The largest absolute Gasteiger partial charge is 0.497 e. The number of aromatic nitrogens is 2. The molecule has 7 heteroatoms. The van der Waals surface area contributed by atoms with Crippen LogP contribution in [0.3, 0.4) is 0 Å². The lowest BCUT2D eigenvalue weighted by molar-refractivity contribution is -0.116. The van der Waals surface area contributed by atoms with Gasteiger partial charge < -0.3 is 14.1 Å². The van der Waals surface area contributed by atoms with Gasteiger partial charge >= 0.3 is 0 Å². The number of benzene rings is 2. The van der Waals surface area contributed by atoms with Gasteiger partial charge in [0.1, 0.15) is 5.75 Å². The van der Waals surface area contributed by atoms with E-state index < -0.39 is 5.54 Å². The molecule has 0 unspecified atom stereocenters. The maximum Gasteiger partial charge on any atom is 0.277 e. The van der Waals surface area contributed by atoms with E-state index in [0.717, 1.165) is 28.1 Å². The van der Waals surface area contributed by atoms with Crippen molar-refractivity contribution in [2.24, 2.45) is 0 Å². The Morgan fingerprint density at radius 3 is 2.67 bits per heavy atom. The fourth-order valence-corrected chi connectivity index (χ4v) is 4.36. The van der Waals surface area contributed by atoms with Crippen molar-refractivity contribution in [2.75, 3.05) is 17.8 Å². The Morgan fingerprint density at radius 1 is 1.17 bits per heavy atom. The number of carbonyl (C=O) groups excluding carboxylic acids is 1. The van der Waals surface area contributed by atoms with Gasteiger partial charge in [-0.1, -0.05) is 36.0 Å². The van der Waals surface area contributed by atoms with Gasteiger partial charge in [0.15, 0.2) is 0 Å². The van der Waals surface area contributed by atoms with Crippen LogP contribution in [0.1, 0.15) is 26.3 Å². The third-order valence-electron chi connectivity index (χ3n) is 5.01. The van der Waals surface area contributed by atoms with E-state index in [9.17, 15) is 4.79 Å². The summed E-state index contributed by atoms with van der Waals surface area (Å²) in [5.41, 5.74) is 3.39. The molecule has 0 spiro atoms. The van der Waals surface area contributed by atoms with Crippen molar-refractivity contribution in [3.63, 3.8) is 0 Å². The van der Waals surface area contributed by atoms with E-state index in [2.05, 4.69) is 23.2 Å². The molecule has 1 aliphatic rings. The Hall–Kier alpha value is -3.06. The molecule has 1 aliphatic heterocycles. The molecule has 2 aromatic carbocycles. The van der Waals surface area contributed by atoms with E-state index in [1.807, 2.05) is 67.3 Å². The molecule has 2 heterocycles. The van der Waals surface area contributed by atoms with Crippen molar-refractivity contribution in [3.8, 4) is 17.2 Å². The van der Waals surface area contributed by atoms with Gasteiger partial charge in [-0.05, 0) is 56.7 Å². The third-order valence-corrected chi connectivity index (χ3v) is 5.81. The number of methoxy groups -OCH3 is 1. The highest BCUT2D eigenvalue weighted by atomic mass is 32.2. The second-order valence-corrected chi connectivity index (χ2v) is 8.55. The van der Waals surface area contributed by atoms with Gasteiger partial charge in [-0.2, -0.15) is 0 Å². The molecule has 3 aromatic rings. The number of hydrogen-bond acceptors (Lipinski definition) is 6. The number of thioether (sulfide) groups is 1. The van der Waals surface area contributed by atoms with E-state index in [1.54, 1.807) is 7.11 Å². The lowest BCUT2D eigenvalue weighted by Gasteiger charge is -2.41. The van der Waals surface area contributed by atoms with Crippen molar-refractivity contribution in [3.05, 3.63) is 60.2 Å². The van der Waals surface area contributed by atoms with E-state index in [1.165, 1.54) is 11.8 Å². The van der Waals surface area contributed by atoms with E-state index in [0.29, 0.717) is 11.1 Å². The van der Waals surface area contributed by atoms with E-state index in [-0.39, 0.29) is 11.7 Å². The maximum absolute atomic E-state index is 13.2. The first-order valence-electron chi connectivity index (χ1n) is 9.62. The van der Waals surface area contributed by atoms with Crippen molar-refractivity contribution in [2.45, 2.75) is 31.5 Å². The lowest BCUT2D eigenvalue weighted by Crippen LogP contribution is -2.49. The molecular weight excluding hydrogens is 398 g/mol. The van der Waals surface area contributed by atoms with Crippen molar-refractivity contribution in [1.82, 2.24) is 10.2 Å². The molecule has 0 radical (unpaired) electrons. The lowest BCUT2D eigenvalue weighted by atomic mass is 9.88. The van der Waals surface area contributed by atoms with Crippen LogP contribution in [0.2, 0.25) is 0 Å². The molecule has 6 nitrogen and oxygen atoms in total. The van der Waals surface area contributed by atoms with Crippen LogP contribution >= 0.6 is 11.8 Å². The summed E-state index contributed by atoms with van der Waals surface area (Å²) in [5, 5.41) is 8.53. The minimum absolute atomic E-state index is 0.0281. The van der Waals surface area contributed by atoms with E-state index >= 15 is 0 Å². The van der Waals surface area contributed by atoms with Gasteiger partial charge in [-0.3, -0.25) is 4.79 Å². The summed E-state index contributed by atoms with van der Waals surface area (Å²) in [6, 6.07) is 15.4. The second kappa shape index (κ2) is 7.99. The summed E-state index contributed by atoms with van der Waals surface area (Å²) in [6.45, 7) is 6.12. The molecule has 4 rings (SSSR count). The molecule has 30 heavy (non-hydrogen) atoms. The van der Waals surface area contributed by atoms with Crippen LogP contribution in [0.5, 0.6) is 5.75 Å². The van der Waals surface area contributed by atoms with Crippen molar-refractivity contribution < 1.29 is 13.9 Å². The van der Waals surface area contributed by atoms with Gasteiger partial charge in [0.2, 0.25) is 11.8 Å². The number of rotatable bonds is 5. The van der Waals surface area contributed by atoms with Crippen LogP contribution in [0.4, 0.5) is 5.69 Å². The monoisotopic (exact) mass is 421 g/mol. The number of ether oxygens (including phenoxy) is 1. The Morgan fingerprint density at radius 2 is 1.93 bits per heavy atom. The second-order valence-electron chi connectivity index (χ2n) is 7.62. The minimum atomic E-state index is -0.451. The number of amides is 1. The molecule has 0 bridgehead atoms. The zero-order chi connectivity index (χ0) is 21.3. The van der Waals surface area contributed by atoms with Crippen LogP contribution in [0.25, 0.3) is 17.0 Å². The standard InChI is InChI=1S/C23H23N3O3S/c1-15-13-23(2,3)26(19-11-10-17(28-4)12-18(15)19)20(27)14-30-22-25-24-21(29-22)16-8-6-5-7-9-16/h5-13H,14H2,1-4H3. The molecular formula is C23H23N3O3S. The summed E-state index contributed by atoms with van der Waals surface area (Å²) in [6.07, 6.45) is 2.11. The van der Waals surface area contributed by atoms with Crippen molar-refractivity contribution >= 4 is 28.9 Å². The normalized spacial score (nSPS) is 14.8. The molecule has 0 N–H and O–H groups in total. The summed E-state index contributed by atoms with van der Waals surface area (Å²) < 4.78 is 11.1. The minimum Gasteiger partial charge on any atom is -0.497 e. The Bertz CT molecular complexity index is 1110. The Labute approximate surface area is 179 Å². The molecule has 0 saturated heterocycles. The Kier molecular flexibility index (Phi) is 5.39. The summed E-state index contributed by atoms with van der Waals surface area (Å²) in [4.78, 5) is 15.1. The van der Waals surface area contributed by atoms with Gasteiger partial charge in [-0.15, -0.1) is 10.2 Å². The molecule has 0 atom stereocenters. The van der Waals surface area contributed by atoms with E-state index in [4.69, 9.17) is 9.15 Å². The first-order chi connectivity index (χ1) is 14.4. The summed E-state index contributed by atoms with van der Waals surface area (Å²) in [5.74, 6) is 1.37. The molecule has 0 saturated carbocycles. The molecule has 1 amide bonds. The molecule has 154 valence electrons. The predicted molar refractivity (Wildman–Crippen MR) is 119 cm³/mol. The molecule has 0 aliphatic carbocycles. The maximum atomic E-state index is 13.2. The zero-order valence-corrected chi connectivity index (χ0v) is 18.2. The quantitative estimate of drug-likeness (QED) is 0.536. The number of allylic oxidation sites excluding steroid dienone is 1. The average Bonchev–Trinajstić information content (AvgIpc) is 3.21. The highest BCUT2D eigenvalue weighted by Crippen LogP contribution is 2.41. The summed E-state index contributed by atoms with van der Waals surface area (Å²) in [7, 11) is 1.64. The highest BCUT2D eigenvalue weighted by Gasteiger charge is 2.36. The smallest absolute Gasteiger partial charge is 0.277 e. The predicted octanol–water partition coefficient (Wildman–Crippen LogP) is 5.07. The van der Waals surface area contributed by atoms with Crippen LogP contribution in [0, 0.1) is 0 Å². The number of nitrogens with zero attached hydrogens (tertiary/aromatic N) is 3.